The first-order chi connectivity index (χ1) is 17.2. The number of nitrogens with one attached hydrogen (secondary N) is 1. The molecule has 3 heterocycles. The van der Waals surface area contributed by atoms with Gasteiger partial charge in [-0.3, -0.25) is 14.3 Å². The van der Waals surface area contributed by atoms with Crippen LogP contribution in [0.1, 0.15) is 39.3 Å². The molecule has 1 aromatic heterocycles. The van der Waals surface area contributed by atoms with Crippen LogP contribution in [0.25, 0.3) is 10.9 Å². The number of ether oxygens (including phenoxy) is 2. The molecule has 2 amide bonds. The Balaban J connectivity index is 1.23. The lowest BCUT2D eigenvalue weighted by molar-refractivity contribution is 0.0792. The molecule has 6 rings (SSSR count). The van der Waals surface area contributed by atoms with E-state index in [1.807, 2.05) is 58.1 Å². The van der Waals surface area contributed by atoms with Crippen LogP contribution in [-0.4, -0.2) is 46.4 Å². The van der Waals surface area contributed by atoms with Gasteiger partial charge in [-0.15, -0.1) is 0 Å². The second kappa shape index (κ2) is 8.79. The zero-order chi connectivity index (χ0) is 23.8. The van der Waals surface area contributed by atoms with Crippen LogP contribution in [0.5, 0.6) is 11.5 Å². The van der Waals surface area contributed by atoms with Crippen molar-refractivity contribution in [3.63, 3.8) is 0 Å². The third-order valence-corrected chi connectivity index (χ3v) is 6.43. The monoisotopic (exact) mass is 468 g/mol. The van der Waals surface area contributed by atoms with Crippen molar-refractivity contribution in [2.45, 2.75) is 19.4 Å². The topological polar surface area (TPSA) is 85.7 Å². The van der Waals surface area contributed by atoms with Gasteiger partial charge < -0.3 is 19.7 Å². The fraction of sp³-hybridized carbons (Fsp3) is 0.222. The molecule has 176 valence electrons. The lowest BCUT2D eigenvalue weighted by Gasteiger charge is -2.15. The number of rotatable bonds is 5. The van der Waals surface area contributed by atoms with E-state index in [9.17, 15) is 9.59 Å². The highest BCUT2D eigenvalue weighted by molar-refractivity contribution is 6.11. The fourth-order valence-corrected chi connectivity index (χ4v) is 4.61. The number of para-hydroxylation sites is 1. The number of anilines is 1. The normalized spacial score (nSPS) is 14.5. The average Bonchev–Trinajstić information content (AvgIpc) is 3.64. The number of benzene rings is 3. The molecule has 0 saturated carbocycles. The highest BCUT2D eigenvalue weighted by Gasteiger charge is 2.21. The van der Waals surface area contributed by atoms with Gasteiger partial charge in [0, 0.05) is 35.8 Å². The van der Waals surface area contributed by atoms with Gasteiger partial charge >= 0.3 is 0 Å². The van der Waals surface area contributed by atoms with Gasteiger partial charge in [-0.1, -0.05) is 30.3 Å². The van der Waals surface area contributed by atoms with Crippen LogP contribution in [0.4, 0.5) is 5.69 Å². The molecule has 1 saturated heterocycles. The fourth-order valence-electron chi connectivity index (χ4n) is 4.61. The first-order valence-electron chi connectivity index (χ1n) is 11.7. The number of hydrogen-bond acceptors (Lipinski definition) is 5. The Morgan fingerprint density at radius 2 is 1.69 bits per heavy atom. The van der Waals surface area contributed by atoms with Gasteiger partial charge in [0.15, 0.2) is 17.2 Å². The van der Waals surface area contributed by atoms with Crippen LogP contribution >= 0.6 is 0 Å². The summed E-state index contributed by atoms with van der Waals surface area (Å²) in [7, 11) is 0. The van der Waals surface area contributed by atoms with Crippen molar-refractivity contribution in [3.05, 3.63) is 83.6 Å². The van der Waals surface area contributed by atoms with Gasteiger partial charge in [0.2, 0.25) is 6.79 Å². The first-order valence-corrected chi connectivity index (χ1v) is 11.7. The van der Waals surface area contributed by atoms with E-state index >= 15 is 0 Å². The molecule has 35 heavy (non-hydrogen) atoms. The predicted octanol–water partition coefficient (Wildman–Crippen LogP) is 4.30. The van der Waals surface area contributed by atoms with E-state index in [4.69, 9.17) is 9.47 Å². The number of amides is 2. The summed E-state index contributed by atoms with van der Waals surface area (Å²) in [6, 6.07) is 20.6. The summed E-state index contributed by atoms with van der Waals surface area (Å²) < 4.78 is 12.6. The molecule has 0 aliphatic carbocycles. The van der Waals surface area contributed by atoms with E-state index in [0.29, 0.717) is 35.0 Å². The van der Waals surface area contributed by atoms with Crippen molar-refractivity contribution in [2.75, 3.05) is 25.2 Å². The van der Waals surface area contributed by atoms with Gasteiger partial charge in [0.25, 0.3) is 11.8 Å². The Morgan fingerprint density at radius 1 is 0.914 bits per heavy atom. The molecule has 8 heteroatoms. The largest absolute Gasteiger partial charge is 0.454 e. The molecule has 1 N–H and O–H groups in total. The maximum absolute atomic E-state index is 13.1. The van der Waals surface area contributed by atoms with E-state index in [-0.39, 0.29) is 18.6 Å². The molecule has 1 fully saturated rings. The van der Waals surface area contributed by atoms with Crippen molar-refractivity contribution in [1.29, 1.82) is 0 Å². The summed E-state index contributed by atoms with van der Waals surface area (Å²) in [6.45, 7) is 2.32. The molecule has 0 unspecified atom stereocenters. The zero-order valence-corrected chi connectivity index (χ0v) is 19.1. The van der Waals surface area contributed by atoms with Crippen LogP contribution in [0.2, 0.25) is 0 Å². The van der Waals surface area contributed by atoms with Gasteiger partial charge in [-0.2, -0.15) is 5.10 Å². The van der Waals surface area contributed by atoms with E-state index in [0.717, 1.165) is 42.4 Å². The zero-order valence-electron chi connectivity index (χ0n) is 19.1. The van der Waals surface area contributed by atoms with Crippen LogP contribution in [0, 0.1) is 0 Å². The van der Waals surface area contributed by atoms with E-state index in [1.165, 1.54) is 0 Å². The Bertz CT molecular complexity index is 1420. The van der Waals surface area contributed by atoms with Crippen molar-refractivity contribution in [3.8, 4) is 11.5 Å². The predicted molar refractivity (Wildman–Crippen MR) is 131 cm³/mol. The Morgan fingerprint density at radius 3 is 2.51 bits per heavy atom. The summed E-state index contributed by atoms with van der Waals surface area (Å²) in [6.07, 6.45) is 2.14. The minimum absolute atomic E-state index is 0.0843. The summed E-state index contributed by atoms with van der Waals surface area (Å²) in [5, 5.41) is 8.33. The lowest BCUT2D eigenvalue weighted by Crippen LogP contribution is -2.27. The quantitative estimate of drug-likeness (QED) is 0.472. The Kier molecular flexibility index (Phi) is 5.33. The minimum atomic E-state index is -0.301. The lowest BCUT2D eigenvalue weighted by atomic mass is 10.1. The first kappa shape index (κ1) is 21.2. The highest BCUT2D eigenvalue weighted by atomic mass is 16.7. The maximum atomic E-state index is 13.1. The number of hydrogen-bond donors (Lipinski definition) is 1. The van der Waals surface area contributed by atoms with E-state index < -0.39 is 0 Å². The van der Waals surface area contributed by atoms with Gasteiger partial charge in [-0.25, -0.2) is 0 Å². The molecule has 2 aliphatic heterocycles. The number of carbonyl (C=O) groups excluding carboxylic acids is 2. The van der Waals surface area contributed by atoms with Crippen molar-refractivity contribution in [1.82, 2.24) is 14.7 Å². The van der Waals surface area contributed by atoms with Crippen molar-refractivity contribution >= 4 is 28.4 Å². The number of likely N-dealkylation sites (tertiary alicyclic amines) is 1. The summed E-state index contributed by atoms with van der Waals surface area (Å²) in [4.78, 5) is 27.7. The van der Waals surface area contributed by atoms with E-state index in [2.05, 4.69) is 10.4 Å². The van der Waals surface area contributed by atoms with Crippen LogP contribution in [0.3, 0.4) is 0 Å². The smallest absolute Gasteiger partial charge is 0.276 e. The van der Waals surface area contributed by atoms with Gasteiger partial charge in [-0.05, 0) is 48.7 Å². The number of nitrogens with zero attached hydrogens (tertiary/aromatic N) is 3. The molecule has 3 aromatic carbocycles. The summed E-state index contributed by atoms with van der Waals surface area (Å²) in [5.74, 6) is 1.04. The summed E-state index contributed by atoms with van der Waals surface area (Å²) in [5.41, 5.74) is 3.51. The molecule has 2 aliphatic rings. The number of carbonyl (C=O) groups is 2. The third-order valence-electron chi connectivity index (χ3n) is 6.43. The number of aromatic nitrogens is 2. The summed E-state index contributed by atoms with van der Waals surface area (Å²) >= 11 is 0. The van der Waals surface area contributed by atoms with Crippen LogP contribution in [-0.2, 0) is 6.54 Å². The van der Waals surface area contributed by atoms with Gasteiger partial charge in [0.1, 0.15) is 0 Å². The maximum Gasteiger partial charge on any atom is 0.276 e. The molecule has 0 radical (unpaired) electrons. The SMILES string of the molecule is O=C(Nc1ccc2c(c1)OCO2)c1nn(Cc2ccc(C(=O)N3CCCC3)cc2)c2ccccc12. The average molecular weight is 469 g/mol. The molecular weight excluding hydrogens is 444 g/mol. The number of fused-ring (bicyclic) bond motifs is 2. The second-order valence-electron chi connectivity index (χ2n) is 8.74. The minimum Gasteiger partial charge on any atom is -0.454 e. The van der Waals surface area contributed by atoms with Crippen LogP contribution in [0.15, 0.2) is 66.7 Å². The molecule has 4 aromatic rings. The molecule has 0 bridgehead atoms. The standard InChI is InChI=1S/C27H24N4O4/c32-26(28-20-11-12-23-24(15-20)35-17-34-23)25-21-5-1-2-6-22(21)31(29-25)16-18-7-9-19(10-8-18)27(33)30-13-3-4-14-30/h1-2,5-12,15H,3-4,13-14,16-17H2,(H,28,32). The van der Waals surface area contributed by atoms with E-state index in [1.54, 1.807) is 18.2 Å². The third kappa shape index (κ3) is 4.07. The molecule has 0 atom stereocenters. The highest BCUT2D eigenvalue weighted by Crippen LogP contribution is 2.34. The Hall–Kier alpha value is -4.33. The second-order valence-corrected chi connectivity index (χ2v) is 8.74. The molecule has 0 spiro atoms. The molecule has 8 nitrogen and oxygen atoms in total. The molecular formula is C27H24N4O4. The van der Waals surface area contributed by atoms with Crippen molar-refractivity contribution < 1.29 is 19.1 Å². The van der Waals surface area contributed by atoms with Crippen molar-refractivity contribution in [2.24, 2.45) is 0 Å². The Labute approximate surface area is 202 Å². The van der Waals surface area contributed by atoms with Gasteiger partial charge in [0.05, 0.1) is 12.1 Å². The van der Waals surface area contributed by atoms with Crippen LogP contribution < -0.4 is 14.8 Å².